The molecule has 0 aromatic heterocycles. The van der Waals surface area contributed by atoms with E-state index >= 15 is 0 Å². The van der Waals surface area contributed by atoms with E-state index in [1.54, 1.807) is 6.07 Å². The zero-order chi connectivity index (χ0) is 19.1. The van der Waals surface area contributed by atoms with Gasteiger partial charge in [0, 0.05) is 5.92 Å². The molecule has 0 radical (unpaired) electrons. The Bertz CT molecular complexity index is 869. The molecule has 5 nitrogen and oxygen atoms in total. The Hall–Kier alpha value is -1.81. The number of hydrogen-bond donors (Lipinski definition) is 3. The van der Waals surface area contributed by atoms with Gasteiger partial charge in [0.2, 0.25) is 0 Å². The molecule has 6 heteroatoms. The molecule has 0 bridgehead atoms. The van der Waals surface area contributed by atoms with Crippen LogP contribution in [0.15, 0.2) is 30.3 Å². The van der Waals surface area contributed by atoms with Gasteiger partial charge in [0.1, 0.15) is 11.5 Å². The summed E-state index contributed by atoms with van der Waals surface area (Å²) in [6.07, 6.45) is 1.26. The first-order chi connectivity index (χ1) is 12.2. The number of phenolic OH excluding ortho intramolecular Hbond substituents is 1. The second kappa shape index (κ2) is 7.07. The fourth-order valence-corrected chi connectivity index (χ4v) is 4.13. The Morgan fingerprint density at radius 2 is 1.96 bits per heavy atom. The van der Waals surface area contributed by atoms with E-state index in [9.17, 15) is 9.67 Å². The van der Waals surface area contributed by atoms with Crippen molar-refractivity contribution in [3.05, 3.63) is 58.1 Å². The zero-order valence-electron chi connectivity index (χ0n) is 15.3. The van der Waals surface area contributed by atoms with Crippen molar-refractivity contribution < 1.29 is 24.2 Å². The maximum Gasteiger partial charge on any atom is 0.362 e. The van der Waals surface area contributed by atoms with Gasteiger partial charge in [0.15, 0.2) is 6.35 Å². The molecule has 0 saturated heterocycles. The van der Waals surface area contributed by atoms with Crippen molar-refractivity contribution in [1.29, 1.82) is 0 Å². The van der Waals surface area contributed by atoms with Crippen LogP contribution in [-0.4, -0.2) is 21.2 Å². The van der Waals surface area contributed by atoms with E-state index in [-0.39, 0.29) is 11.8 Å². The third-order valence-electron chi connectivity index (χ3n) is 4.97. The average molecular weight is 376 g/mol. The van der Waals surface area contributed by atoms with Crippen LogP contribution in [0.2, 0.25) is 0 Å². The van der Waals surface area contributed by atoms with Crippen molar-refractivity contribution >= 4 is 7.60 Å². The molecule has 1 aliphatic carbocycles. The minimum Gasteiger partial charge on any atom is -0.508 e. The fourth-order valence-electron chi connectivity index (χ4n) is 3.81. The Kier molecular flexibility index (Phi) is 5.16. The second-order valence-electron chi connectivity index (χ2n) is 7.32. The third kappa shape index (κ3) is 3.96. The topological polar surface area (TPSA) is 87.0 Å². The van der Waals surface area contributed by atoms with Crippen LogP contribution >= 0.6 is 7.60 Å². The van der Waals surface area contributed by atoms with E-state index in [1.165, 1.54) is 11.1 Å². The molecule has 26 heavy (non-hydrogen) atoms. The summed E-state index contributed by atoms with van der Waals surface area (Å²) in [5, 5.41) is 10.1. The van der Waals surface area contributed by atoms with Gasteiger partial charge in [-0.3, -0.25) is 4.57 Å². The van der Waals surface area contributed by atoms with Gasteiger partial charge < -0.3 is 19.6 Å². The highest BCUT2D eigenvalue weighted by molar-refractivity contribution is 7.51. The number of rotatable bonds is 5. The van der Waals surface area contributed by atoms with E-state index in [2.05, 4.69) is 19.9 Å². The highest BCUT2D eigenvalue weighted by Crippen LogP contribution is 2.44. The van der Waals surface area contributed by atoms with Crippen molar-refractivity contribution in [2.24, 2.45) is 0 Å². The van der Waals surface area contributed by atoms with Gasteiger partial charge in [-0.25, -0.2) is 0 Å². The van der Waals surface area contributed by atoms with E-state index in [0.29, 0.717) is 11.5 Å². The molecule has 0 aliphatic heterocycles. The Morgan fingerprint density at radius 3 is 2.62 bits per heavy atom. The van der Waals surface area contributed by atoms with Crippen LogP contribution in [0.1, 0.15) is 59.9 Å². The summed E-state index contributed by atoms with van der Waals surface area (Å²) >= 11 is 0. The van der Waals surface area contributed by atoms with Gasteiger partial charge in [-0.2, -0.15) is 0 Å². The number of fused-ring (bicyclic) bond motifs is 1. The largest absolute Gasteiger partial charge is 0.508 e. The van der Waals surface area contributed by atoms with Crippen LogP contribution in [-0.2, 0) is 11.0 Å². The third-order valence-corrected chi connectivity index (χ3v) is 5.44. The van der Waals surface area contributed by atoms with Gasteiger partial charge in [-0.15, -0.1) is 0 Å². The lowest BCUT2D eigenvalue weighted by Gasteiger charge is -2.18. The highest BCUT2D eigenvalue weighted by Gasteiger charge is 2.27. The molecule has 0 heterocycles. The van der Waals surface area contributed by atoms with Crippen LogP contribution in [0, 0.1) is 6.92 Å². The van der Waals surface area contributed by atoms with Gasteiger partial charge >= 0.3 is 7.60 Å². The van der Waals surface area contributed by atoms with Crippen molar-refractivity contribution in [2.45, 2.75) is 45.4 Å². The lowest BCUT2D eigenvalue weighted by atomic mass is 9.87. The lowest BCUT2D eigenvalue weighted by molar-refractivity contribution is 0.300. The van der Waals surface area contributed by atoms with Gasteiger partial charge in [0.05, 0.1) is 0 Å². The van der Waals surface area contributed by atoms with Crippen LogP contribution in [0.25, 0.3) is 0 Å². The van der Waals surface area contributed by atoms with Crippen LogP contribution in [0.5, 0.6) is 11.5 Å². The van der Waals surface area contributed by atoms with Crippen LogP contribution in [0.4, 0.5) is 0 Å². The fraction of sp³-hybridized carbons (Fsp3) is 0.400. The standard InChI is InChI=1S/C20H25O5P/c1-12(2)18-10-14(5-7-19(18)21)17-6-4-15-9-16(8-13(3)20(15)17)25-11-26(22,23)24/h5,7-10,12,17,21H,4,6,11H2,1-3H3,(H2,22,23,24). The molecule has 1 unspecified atom stereocenters. The first kappa shape index (κ1) is 19.0. The van der Waals surface area contributed by atoms with Crippen molar-refractivity contribution in [3.63, 3.8) is 0 Å². The predicted molar refractivity (Wildman–Crippen MR) is 101 cm³/mol. The second-order valence-corrected chi connectivity index (χ2v) is 8.90. The summed E-state index contributed by atoms with van der Waals surface area (Å²) in [5.41, 5.74) is 5.63. The van der Waals surface area contributed by atoms with Crippen molar-refractivity contribution in [3.8, 4) is 11.5 Å². The van der Waals surface area contributed by atoms with E-state index in [0.717, 1.165) is 29.5 Å². The van der Waals surface area contributed by atoms with Gasteiger partial charge in [0.25, 0.3) is 0 Å². The number of aryl methyl sites for hydroxylation is 2. The Labute approximate surface area is 153 Å². The molecule has 0 spiro atoms. The van der Waals surface area contributed by atoms with Crippen LogP contribution < -0.4 is 4.74 Å². The number of hydrogen-bond acceptors (Lipinski definition) is 3. The molecular formula is C20H25O5P. The van der Waals surface area contributed by atoms with E-state index in [4.69, 9.17) is 14.5 Å². The van der Waals surface area contributed by atoms with E-state index < -0.39 is 13.9 Å². The van der Waals surface area contributed by atoms with Crippen LogP contribution in [0.3, 0.4) is 0 Å². The monoisotopic (exact) mass is 376 g/mol. The number of aromatic hydroxyl groups is 1. The normalized spacial score (nSPS) is 16.8. The molecule has 0 amide bonds. The SMILES string of the molecule is Cc1cc(OCP(=O)(O)O)cc2c1C(c1ccc(O)c(C(C)C)c1)CC2. The molecule has 3 rings (SSSR count). The number of ether oxygens (including phenoxy) is 1. The Balaban J connectivity index is 1.92. The maximum atomic E-state index is 11.0. The van der Waals surface area contributed by atoms with Crippen molar-refractivity contribution in [1.82, 2.24) is 0 Å². The van der Waals surface area contributed by atoms with Gasteiger partial charge in [-0.05, 0) is 71.7 Å². The molecule has 2 aromatic rings. The molecule has 0 saturated carbocycles. The molecule has 1 aliphatic rings. The summed E-state index contributed by atoms with van der Waals surface area (Å²) in [6, 6.07) is 9.59. The predicted octanol–water partition coefficient (Wildman–Crippen LogP) is 4.42. The number of benzene rings is 2. The zero-order valence-corrected chi connectivity index (χ0v) is 16.2. The molecule has 2 aromatic carbocycles. The molecule has 3 N–H and O–H groups in total. The summed E-state index contributed by atoms with van der Waals surface area (Å²) in [7, 11) is -4.19. The number of phenols is 1. The molecule has 140 valence electrons. The van der Waals surface area contributed by atoms with Crippen molar-refractivity contribution in [2.75, 3.05) is 6.35 Å². The molecular weight excluding hydrogens is 351 g/mol. The minimum absolute atomic E-state index is 0.250. The van der Waals surface area contributed by atoms with Gasteiger partial charge in [-0.1, -0.05) is 26.0 Å². The summed E-state index contributed by atoms with van der Waals surface area (Å²) in [6.45, 7) is 6.14. The average Bonchev–Trinajstić information content (AvgIpc) is 2.97. The summed E-state index contributed by atoms with van der Waals surface area (Å²) in [4.78, 5) is 18.0. The first-order valence-corrected chi connectivity index (χ1v) is 10.6. The summed E-state index contributed by atoms with van der Waals surface area (Å²) in [5.74, 6) is 1.35. The molecule has 0 fully saturated rings. The summed E-state index contributed by atoms with van der Waals surface area (Å²) < 4.78 is 16.3. The first-order valence-electron chi connectivity index (χ1n) is 8.79. The highest BCUT2D eigenvalue weighted by atomic mass is 31.2. The molecule has 1 atom stereocenters. The quantitative estimate of drug-likeness (QED) is 0.673. The minimum atomic E-state index is -4.19. The Morgan fingerprint density at radius 1 is 1.23 bits per heavy atom. The smallest absolute Gasteiger partial charge is 0.362 e. The maximum absolute atomic E-state index is 11.0. The lowest BCUT2D eigenvalue weighted by Crippen LogP contribution is -2.02. The van der Waals surface area contributed by atoms with E-state index in [1.807, 2.05) is 25.1 Å².